The SMILES string of the molecule is CC(CC1CCCC1)C(=O)N1C[C@@H](CN)[C@H](c2ccccc2)C1.Cl. The molecule has 0 bridgehead atoms. The highest BCUT2D eigenvalue weighted by atomic mass is 35.5. The monoisotopic (exact) mass is 350 g/mol. The van der Waals surface area contributed by atoms with Crippen molar-refractivity contribution in [2.75, 3.05) is 19.6 Å². The average Bonchev–Trinajstić information content (AvgIpc) is 3.24. The van der Waals surface area contributed by atoms with E-state index in [1.54, 1.807) is 0 Å². The maximum atomic E-state index is 12.9. The van der Waals surface area contributed by atoms with Crippen molar-refractivity contribution in [1.29, 1.82) is 0 Å². The summed E-state index contributed by atoms with van der Waals surface area (Å²) in [6, 6.07) is 10.5. The van der Waals surface area contributed by atoms with Gasteiger partial charge in [-0.2, -0.15) is 0 Å². The third-order valence-electron chi connectivity index (χ3n) is 5.87. The van der Waals surface area contributed by atoms with Crippen LogP contribution >= 0.6 is 12.4 Å². The molecule has 1 aromatic carbocycles. The summed E-state index contributed by atoms with van der Waals surface area (Å²) in [5.41, 5.74) is 7.32. The van der Waals surface area contributed by atoms with E-state index in [9.17, 15) is 4.79 Å². The Morgan fingerprint density at radius 1 is 1.21 bits per heavy atom. The van der Waals surface area contributed by atoms with Crippen LogP contribution in [-0.4, -0.2) is 30.4 Å². The van der Waals surface area contributed by atoms with Gasteiger partial charge in [0.25, 0.3) is 0 Å². The van der Waals surface area contributed by atoms with Crippen LogP contribution in [-0.2, 0) is 4.79 Å². The van der Waals surface area contributed by atoms with Crippen LogP contribution in [0.15, 0.2) is 30.3 Å². The molecule has 1 saturated carbocycles. The Balaban J connectivity index is 0.00000208. The number of likely N-dealkylation sites (tertiary alicyclic amines) is 1. The third kappa shape index (κ3) is 4.31. The second-order valence-corrected chi connectivity index (χ2v) is 7.54. The number of rotatable bonds is 5. The molecule has 1 aliphatic heterocycles. The molecular formula is C20H31ClN2O. The first kappa shape index (κ1) is 19.3. The topological polar surface area (TPSA) is 46.3 Å². The van der Waals surface area contributed by atoms with Crippen LogP contribution in [0.2, 0.25) is 0 Å². The molecule has 3 nitrogen and oxygen atoms in total. The van der Waals surface area contributed by atoms with Crippen LogP contribution in [0.5, 0.6) is 0 Å². The molecule has 0 aromatic heterocycles. The quantitative estimate of drug-likeness (QED) is 0.877. The predicted molar refractivity (Wildman–Crippen MR) is 101 cm³/mol. The van der Waals surface area contributed by atoms with Crippen molar-refractivity contribution in [3.8, 4) is 0 Å². The van der Waals surface area contributed by atoms with Crippen LogP contribution in [0.4, 0.5) is 0 Å². The van der Waals surface area contributed by atoms with E-state index in [-0.39, 0.29) is 18.3 Å². The molecule has 1 saturated heterocycles. The highest BCUT2D eigenvalue weighted by Gasteiger charge is 2.37. The zero-order valence-corrected chi connectivity index (χ0v) is 15.5. The van der Waals surface area contributed by atoms with E-state index in [2.05, 4.69) is 36.1 Å². The van der Waals surface area contributed by atoms with Crippen molar-refractivity contribution in [3.63, 3.8) is 0 Å². The maximum Gasteiger partial charge on any atom is 0.225 e. The molecule has 24 heavy (non-hydrogen) atoms. The van der Waals surface area contributed by atoms with Crippen LogP contribution in [0.1, 0.15) is 50.5 Å². The van der Waals surface area contributed by atoms with Gasteiger partial charge in [-0.25, -0.2) is 0 Å². The van der Waals surface area contributed by atoms with Crippen molar-refractivity contribution in [2.24, 2.45) is 23.5 Å². The lowest BCUT2D eigenvalue weighted by atomic mass is 9.89. The lowest BCUT2D eigenvalue weighted by Gasteiger charge is -2.23. The zero-order chi connectivity index (χ0) is 16.2. The molecule has 3 atom stereocenters. The first-order valence-corrected chi connectivity index (χ1v) is 9.22. The molecule has 1 amide bonds. The Morgan fingerprint density at radius 3 is 2.50 bits per heavy atom. The Hall–Kier alpha value is -1.06. The molecule has 2 N–H and O–H groups in total. The van der Waals surface area contributed by atoms with Crippen LogP contribution in [0, 0.1) is 17.8 Å². The molecule has 1 aromatic rings. The summed E-state index contributed by atoms with van der Waals surface area (Å²) in [7, 11) is 0. The number of nitrogens with two attached hydrogens (primary N) is 1. The first-order chi connectivity index (χ1) is 11.2. The summed E-state index contributed by atoms with van der Waals surface area (Å²) in [4.78, 5) is 14.9. The summed E-state index contributed by atoms with van der Waals surface area (Å²) < 4.78 is 0. The summed E-state index contributed by atoms with van der Waals surface area (Å²) in [6.07, 6.45) is 6.39. The molecule has 1 unspecified atom stereocenters. The number of nitrogens with zero attached hydrogens (tertiary/aromatic N) is 1. The molecule has 2 aliphatic rings. The van der Waals surface area contributed by atoms with Crippen LogP contribution < -0.4 is 5.73 Å². The molecule has 1 aliphatic carbocycles. The fraction of sp³-hybridized carbons (Fsp3) is 0.650. The second-order valence-electron chi connectivity index (χ2n) is 7.54. The van der Waals surface area contributed by atoms with Gasteiger partial charge in [0.1, 0.15) is 0 Å². The van der Waals surface area contributed by atoms with Gasteiger partial charge < -0.3 is 10.6 Å². The lowest BCUT2D eigenvalue weighted by Crippen LogP contribution is -2.34. The summed E-state index contributed by atoms with van der Waals surface area (Å²) in [5, 5.41) is 0. The minimum Gasteiger partial charge on any atom is -0.341 e. The number of amides is 1. The van der Waals surface area contributed by atoms with Gasteiger partial charge in [-0.1, -0.05) is 62.9 Å². The fourth-order valence-corrected chi connectivity index (χ4v) is 4.53. The minimum absolute atomic E-state index is 0. The maximum absolute atomic E-state index is 12.9. The van der Waals surface area contributed by atoms with Crippen LogP contribution in [0.3, 0.4) is 0 Å². The third-order valence-corrected chi connectivity index (χ3v) is 5.87. The molecular weight excluding hydrogens is 320 g/mol. The molecule has 0 radical (unpaired) electrons. The Kier molecular flexibility index (Phi) is 7.12. The van der Waals surface area contributed by atoms with Crippen molar-refractivity contribution >= 4 is 18.3 Å². The van der Waals surface area contributed by atoms with E-state index in [1.807, 2.05) is 6.07 Å². The summed E-state index contributed by atoms with van der Waals surface area (Å²) >= 11 is 0. The standard InChI is InChI=1S/C20H30N2O.ClH/c1-15(11-16-7-5-6-8-16)20(23)22-13-18(12-21)19(14-22)17-9-3-2-4-10-17;/h2-4,9-10,15-16,18-19H,5-8,11-14,21H2,1H3;1H/t15?,18-,19+;/m1./s1. The molecule has 2 fully saturated rings. The number of benzene rings is 1. The first-order valence-electron chi connectivity index (χ1n) is 9.22. The van der Waals surface area contributed by atoms with Gasteiger partial charge in [0.2, 0.25) is 5.91 Å². The predicted octanol–water partition coefficient (Wildman–Crippen LogP) is 3.83. The number of halogens is 1. The van der Waals surface area contributed by atoms with Gasteiger partial charge in [-0.15, -0.1) is 12.4 Å². The van der Waals surface area contributed by atoms with Crippen molar-refractivity contribution < 1.29 is 4.79 Å². The van der Waals surface area contributed by atoms with Gasteiger partial charge in [-0.3, -0.25) is 4.79 Å². The van der Waals surface area contributed by atoms with Crippen molar-refractivity contribution in [1.82, 2.24) is 4.90 Å². The molecule has 1 heterocycles. The van der Waals surface area contributed by atoms with E-state index in [0.717, 1.165) is 25.4 Å². The van der Waals surface area contributed by atoms with E-state index in [0.29, 0.717) is 24.3 Å². The van der Waals surface area contributed by atoms with E-state index >= 15 is 0 Å². The molecule has 3 rings (SSSR count). The van der Waals surface area contributed by atoms with Crippen LogP contribution in [0.25, 0.3) is 0 Å². The Labute approximate surface area is 152 Å². The van der Waals surface area contributed by atoms with E-state index in [4.69, 9.17) is 5.73 Å². The average molecular weight is 351 g/mol. The van der Waals surface area contributed by atoms with E-state index < -0.39 is 0 Å². The Bertz CT molecular complexity index is 516. The minimum atomic E-state index is 0. The van der Waals surface area contributed by atoms with Crippen molar-refractivity contribution in [2.45, 2.75) is 44.9 Å². The fourth-order valence-electron chi connectivity index (χ4n) is 4.53. The normalized spacial score (nSPS) is 25.5. The molecule has 134 valence electrons. The molecule has 0 spiro atoms. The van der Waals surface area contributed by atoms with Gasteiger partial charge in [0.15, 0.2) is 0 Å². The van der Waals surface area contributed by atoms with Crippen molar-refractivity contribution in [3.05, 3.63) is 35.9 Å². The van der Waals surface area contributed by atoms with Gasteiger partial charge in [-0.05, 0) is 30.4 Å². The highest BCUT2D eigenvalue weighted by molar-refractivity contribution is 5.85. The molecule has 4 heteroatoms. The smallest absolute Gasteiger partial charge is 0.225 e. The Morgan fingerprint density at radius 2 is 1.88 bits per heavy atom. The second kappa shape index (κ2) is 8.87. The number of carbonyl (C=O) groups excluding carboxylic acids is 1. The number of carbonyl (C=O) groups is 1. The zero-order valence-electron chi connectivity index (χ0n) is 14.7. The lowest BCUT2D eigenvalue weighted by molar-refractivity contribution is -0.134. The van der Waals surface area contributed by atoms with Gasteiger partial charge in [0.05, 0.1) is 0 Å². The highest BCUT2D eigenvalue weighted by Crippen LogP contribution is 2.35. The largest absolute Gasteiger partial charge is 0.341 e. The van der Waals surface area contributed by atoms with E-state index in [1.165, 1.54) is 31.2 Å². The summed E-state index contributed by atoms with van der Waals surface area (Å²) in [5.74, 6) is 2.05. The van der Waals surface area contributed by atoms with Gasteiger partial charge >= 0.3 is 0 Å². The van der Waals surface area contributed by atoms with Gasteiger partial charge in [0, 0.05) is 24.9 Å². The number of hydrogen-bond donors (Lipinski definition) is 1. The number of hydrogen-bond acceptors (Lipinski definition) is 2. The summed E-state index contributed by atoms with van der Waals surface area (Å²) in [6.45, 7) is 4.43.